The van der Waals surface area contributed by atoms with Crippen LogP contribution in [0.3, 0.4) is 0 Å². The Morgan fingerprint density at radius 2 is 2.05 bits per heavy atom. The maximum absolute atomic E-state index is 12.5. The summed E-state index contributed by atoms with van der Waals surface area (Å²) in [6.07, 6.45) is 8.09. The van der Waals surface area contributed by atoms with Gasteiger partial charge in [-0.05, 0) is 36.8 Å². The molecular formula is C15H19ClN2O. The molecule has 1 aliphatic heterocycles. The lowest BCUT2D eigenvalue weighted by molar-refractivity contribution is 0.0521. The van der Waals surface area contributed by atoms with E-state index in [1.807, 2.05) is 4.90 Å². The summed E-state index contributed by atoms with van der Waals surface area (Å²) in [4.78, 5) is 18.4. The van der Waals surface area contributed by atoms with Gasteiger partial charge in [-0.15, -0.1) is 0 Å². The van der Waals surface area contributed by atoms with Gasteiger partial charge in [-0.2, -0.15) is 0 Å². The summed E-state index contributed by atoms with van der Waals surface area (Å²) in [5.74, 6) is 1.66. The quantitative estimate of drug-likeness (QED) is 0.738. The van der Waals surface area contributed by atoms with Crippen LogP contribution in [0.5, 0.6) is 0 Å². The van der Waals surface area contributed by atoms with Gasteiger partial charge in [0.25, 0.3) is 5.91 Å². The van der Waals surface area contributed by atoms with Crippen LogP contribution in [0.2, 0.25) is 5.15 Å². The molecule has 3 rings (SSSR count). The van der Waals surface area contributed by atoms with E-state index in [1.54, 1.807) is 18.3 Å². The molecule has 1 aromatic rings. The maximum Gasteiger partial charge on any atom is 0.254 e. The fraction of sp³-hybridized carbons (Fsp3) is 0.600. The van der Waals surface area contributed by atoms with Gasteiger partial charge in [0.05, 0.1) is 0 Å². The van der Waals surface area contributed by atoms with Gasteiger partial charge in [0.15, 0.2) is 0 Å². The largest absolute Gasteiger partial charge is 0.338 e. The van der Waals surface area contributed by atoms with E-state index in [-0.39, 0.29) is 5.91 Å². The first-order chi connectivity index (χ1) is 9.24. The molecule has 2 heterocycles. The van der Waals surface area contributed by atoms with Gasteiger partial charge in [0.1, 0.15) is 5.15 Å². The molecule has 2 fully saturated rings. The van der Waals surface area contributed by atoms with E-state index in [0.717, 1.165) is 25.4 Å². The van der Waals surface area contributed by atoms with E-state index in [4.69, 9.17) is 11.6 Å². The number of likely N-dealkylation sites (tertiary alicyclic amines) is 1. The van der Waals surface area contributed by atoms with E-state index in [9.17, 15) is 4.79 Å². The van der Waals surface area contributed by atoms with Crippen molar-refractivity contribution in [2.75, 3.05) is 13.1 Å². The van der Waals surface area contributed by atoms with Gasteiger partial charge in [0, 0.05) is 24.8 Å². The molecular weight excluding hydrogens is 260 g/mol. The number of aromatic nitrogens is 1. The number of pyridine rings is 1. The average molecular weight is 279 g/mol. The lowest BCUT2D eigenvalue weighted by Gasteiger charge is -2.41. The highest BCUT2D eigenvalue weighted by atomic mass is 35.5. The minimum Gasteiger partial charge on any atom is -0.338 e. The monoisotopic (exact) mass is 278 g/mol. The molecule has 0 aromatic carbocycles. The standard InChI is InChI=1S/C15H19ClN2O/c16-14-9-12(5-7-17-14)15(19)18-8-6-11-3-1-2-4-13(11)10-18/h5,7,9,11,13H,1-4,6,8,10H2. The van der Waals surface area contributed by atoms with Crippen molar-refractivity contribution >= 4 is 17.5 Å². The highest BCUT2D eigenvalue weighted by Gasteiger charge is 2.33. The first-order valence-electron chi connectivity index (χ1n) is 7.15. The Morgan fingerprint density at radius 3 is 2.84 bits per heavy atom. The smallest absolute Gasteiger partial charge is 0.254 e. The van der Waals surface area contributed by atoms with E-state index < -0.39 is 0 Å². The first kappa shape index (κ1) is 12.9. The molecule has 0 spiro atoms. The van der Waals surface area contributed by atoms with Crippen molar-refractivity contribution in [2.24, 2.45) is 11.8 Å². The van der Waals surface area contributed by atoms with Crippen molar-refractivity contribution in [3.05, 3.63) is 29.0 Å². The number of carbonyl (C=O) groups is 1. The van der Waals surface area contributed by atoms with Crippen molar-refractivity contribution in [3.8, 4) is 0 Å². The van der Waals surface area contributed by atoms with Crippen LogP contribution in [-0.2, 0) is 0 Å². The third-order valence-corrected chi connectivity index (χ3v) is 4.76. The van der Waals surface area contributed by atoms with E-state index >= 15 is 0 Å². The van der Waals surface area contributed by atoms with Crippen LogP contribution in [0.25, 0.3) is 0 Å². The summed E-state index contributed by atoms with van der Waals surface area (Å²) in [6.45, 7) is 1.81. The Bertz CT molecular complexity index is 477. The third kappa shape index (κ3) is 2.76. The highest BCUT2D eigenvalue weighted by molar-refractivity contribution is 6.29. The summed E-state index contributed by atoms with van der Waals surface area (Å²) in [5, 5.41) is 0.387. The van der Waals surface area contributed by atoms with Gasteiger partial charge >= 0.3 is 0 Å². The number of hydrogen-bond donors (Lipinski definition) is 0. The number of rotatable bonds is 1. The minimum absolute atomic E-state index is 0.105. The second-order valence-corrected chi connectivity index (χ2v) is 6.10. The van der Waals surface area contributed by atoms with Crippen molar-refractivity contribution in [3.63, 3.8) is 0 Å². The molecule has 3 nitrogen and oxygen atoms in total. The molecule has 1 saturated heterocycles. The summed E-state index contributed by atoms with van der Waals surface area (Å²) in [5.41, 5.74) is 0.661. The normalized spacial score (nSPS) is 26.9. The average Bonchev–Trinajstić information content (AvgIpc) is 2.46. The summed E-state index contributed by atoms with van der Waals surface area (Å²) in [6, 6.07) is 3.41. The Morgan fingerprint density at radius 1 is 1.26 bits per heavy atom. The second kappa shape index (κ2) is 5.49. The molecule has 1 amide bonds. The molecule has 1 aliphatic carbocycles. The first-order valence-corrected chi connectivity index (χ1v) is 7.52. The molecule has 1 aromatic heterocycles. The van der Waals surface area contributed by atoms with Gasteiger partial charge < -0.3 is 4.90 Å². The second-order valence-electron chi connectivity index (χ2n) is 5.71. The minimum atomic E-state index is 0.105. The maximum atomic E-state index is 12.5. The number of amides is 1. The lowest BCUT2D eigenvalue weighted by atomic mass is 9.75. The van der Waals surface area contributed by atoms with Crippen LogP contribution >= 0.6 is 11.6 Å². The number of nitrogens with zero attached hydrogens (tertiary/aromatic N) is 2. The van der Waals surface area contributed by atoms with Crippen molar-refractivity contribution in [1.82, 2.24) is 9.88 Å². The van der Waals surface area contributed by atoms with Crippen LogP contribution in [0.1, 0.15) is 42.5 Å². The summed E-state index contributed by atoms with van der Waals surface area (Å²) < 4.78 is 0. The number of hydrogen-bond acceptors (Lipinski definition) is 2. The number of halogens is 1. The van der Waals surface area contributed by atoms with Crippen molar-refractivity contribution in [1.29, 1.82) is 0 Å². The SMILES string of the molecule is O=C(c1ccnc(Cl)c1)N1CCC2CCCCC2C1. The number of fused-ring (bicyclic) bond motifs is 1. The Kier molecular flexibility index (Phi) is 3.74. The molecule has 19 heavy (non-hydrogen) atoms. The van der Waals surface area contributed by atoms with Gasteiger partial charge in [-0.25, -0.2) is 4.98 Å². The van der Waals surface area contributed by atoms with Crippen LogP contribution < -0.4 is 0 Å². The molecule has 4 heteroatoms. The third-order valence-electron chi connectivity index (χ3n) is 4.55. The molecule has 2 aliphatic rings. The van der Waals surface area contributed by atoms with Crippen LogP contribution in [-0.4, -0.2) is 28.9 Å². The molecule has 1 saturated carbocycles. The van der Waals surface area contributed by atoms with E-state index in [0.29, 0.717) is 16.6 Å². The van der Waals surface area contributed by atoms with Crippen LogP contribution in [0.15, 0.2) is 18.3 Å². The fourth-order valence-corrected chi connectivity index (χ4v) is 3.68. The van der Waals surface area contributed by atoms with Crippen LogP contribution in [0, 0.1) is 11.8 Å². The topological polar surface area (TPSA) is 33.2 Å². The summed E-state index contributed by atoms with van der Waals surface area (Å²) in [7, 11) is 0. The Hall–Kier alpha value is -1.09. The predicted octanol–water partition coefficient (Wildman–Crippen LogP) is 3.39. The van der Waals surface area contributed by atoms with Crippen LogP contribution in [0.4, 0.5) is 0 Å². The van der Waals surface area contributed by atoms with E-state index in [1.165, 1.54) is 25.7 Å². The zero-order valence-corrected chi connectivity index (χ0v) is 11.8. The van der Waals surface area contributed by atoms with Crippen molar-refractivity contribution < 1.29 is 4.79 Å². The van der Waals surface area contributed by atoms with Gasteiger partial charge in [-0.3, -0.25) is 4.79 Å². The number of carbonyl (C=O) groups excluding carboxylic acids is 1. The van der Waals surface area contributed by atoms with Crippen molar-refractivity contribution in [2.45, 2.75) is 32.1 Å². The van der Waals surface area contributed by atoms with E-state index in [2.05, 4.69) is 4.98 Å². The molecule has 0 bridgehead atoms. The zero-order valence-electron chi connectivity index (χ0n) is 11.0. The zero-order chi connectivity index (χ0) is 13.2. The number of piperidine rings is 1. The highest BCUT2D eigenvalue weighted by Crippen LogP contribution is 2.36. The molecule has 2 unspecified atom stereocenters. The van der Waals surface area contributed by atoms with Gasteiger partial charge in [-0.1, -0.05) is 30.9 Å². The lowest BCUT2D eigenvalue weighted by Crippen LogP contribution is -2.44. The molecule has 0 N–H and O–H groups in total. The predicted molar refractivity (Wildman–Crippen MR) is 75.2 cm³/mol. The molecule has 0 radical (unpaired) electrons. The Balaban J connectivity index is 1.71. The molecule has 102 valence electrons. The Labute approximate surface area is 119 Å². The summed E-state index contributed by atoms with van der Waals surface area (Å²) >= 11 is 5.86. The fourth-order valence-electron chi connectivity index (χ4n) is 3.50. The van der Waals surface area contributed by atoms with Gasteiger partial charge in [0.2, 0.25) is 0 Å². The molecule has 2 atom stereocenters.